The second kappa shape index (κ2) is 2.15. The molecule has 0 spiro atoms. The molecule has 0 unspecified atom stereocenters. The molecular formula is CH3B2OPS. The fourth-order valence-corrected chi connectivity index (χ4v) is 0. The molecule has 0 bridgehead atoms. The van der Waals surface area contributed by atoms with Crippen molar-refractivity contribution in [2.45, 2.75) is 0 Å². The fourth-order valence-electron chi connectivity index (χ4n) is 0. The van der Waals surface area contributed by atoms with Gasteiger partial charge in [-0.25, -0.2) is 0 Å². The molecule has 30 valence electrons. The third kappa shape index (κ3) is 4.74. The Morgan fingerprint density at radius 3 is 1.83 bits per heavy atom. The van der Waals surface area contributed by atoms with Gasteiger partial charge in [-0.05, 0) is 6.02 Å². The van der Waals surface area contributed by atoms with E-state index in [4.69, 9.17) is 15.1 Å². The van der Waals surface area contributed by atoms with Gasteiger partial charge in [-0.3, -0.25) is 0 Å². The third-order valence-electron chi connectivity index (χ3n) is 0.285. The van der Waals surface area contributed by atoms with Gasteiger partial charge >= 0.3 is 0 Å². The lowest BCUT2D eigenvalue weighted by atomic mass is 10.7. The molecule has 0 saturated heterocycles. The number of rotatable bonds is 1. The largest absolute Gasteiger partial charge is 0.374 e. The Morgan fingerprint density at radius 1 is 1.67 bits per heavy atom. The van der Waals surface area contributed by atoms with Crippen LogP contribution in [0.15, 0.2) is 0 Å². The fraction of sp³-hybridized carbons (Fsp3) is 1.00. The third-order valence-corrected chi connectivity index (χ3v) is 1.30. The maximum absolute atomic E-state index is 5.02. The zero-order valence-corrected chi connectivity index (χ0v) is 5.13. The molecule has 0 fully saturated rings. The summed E-state index contributed by atoms with van der Waals surface area (Å²) in [5, 5.41) is 0. The van der Waals surface area contributed by atoms with Gasteiger partial charge in [-0.2, -0.15) is 0 Å². The molecule has 6 heavy (non-hydrogen) atoms. The van der Waals surface area contributed by atoms with Gasteiger partial charge in [0.25, 0.3) is 0 Å². The second-order valence-electron chi connectivity index (χ2n) is 0.828. The van der Waals surface area contributed by atoms with Gasteiger partial charge in [0.15, 0.2) is 0 Å². The van der Waals surface area contributed by atoms with Crippen LogP contribution in [0.5, 0.6) is 0 Å². The van der Waals surface area contributed by atoms with Gasteiger partial charge in [0, 0.05) is 7.11 Å². The van der Waals surface area contributed by atoms with Gasteiger partial charge in [0.1, 0.15) is 15.1 Å². The molecule has 5 heteroatoms. The minimum atomic E-state index is -2.31. The quantitative estimate of drug-likeness (QED) is 0.357. The highest BCUT2D eigenvalue weighted by Crippen LogP contribution is 2.32. The van der Waals surface area contributed by atoms with Crippen molar-refractivity contribution in [1.29, 1.82) is 0 Å². The summed E-state index contributed by atoms with van der Waals surface area (Å²) in [6.07, 6.45) is 0. The minimum Gasteiger partial charge on any atom is -0.374 e. The van der Waals surface area contributed by atoms with Crippen molar-refractivity contribution in [3.05, 3.63) is 0 Å². The molecule has 0 atom stereocenters. The Bertz CT molecular complexity index is 77.6. The van der Waals surface area contributed by atoms with E-state index in [0.29, 0.717) is 0 Å². The SMILES string of the molecule is [B]P([B])(=S)OC. The Balaban J connectivity index is 3.48. The smallest absolute Gasteiger partial charge is 0.147 e. The molecule has 1 nitrogen and oxygen atoms in total. The first-order valence-corrected chi connectivity index (χ1v) is 4.15. The topological polar surface area (TPSA) is 9.23 Å². The van der Waals surface area contributed by atoms with Crippen LogP contribution in [0.25, 0.3) is 0 Å². The summed E-state index contributed by atoms with van der Waals surface area (Å²) in [4.78, 5) is 0. The van der Waals surface area contributed by atoms with Crippen LogP contribution in [0.2, 0.25) is 0 Å². The first-order valence-electron chi connectivity index (χ1n) is 1.29. The van der Waals surface area contributed by atoms with Crippen LogP contribution in [-0.2, 0) is 16.3 Å². The van der Waals surface area contributed by atoms with E-state index in [1.165, 1.54) is 7.11 Å². The monoisotopic (exact) mass is 116 g/mol. The predicted octanol–water partition coefficient (Wildman–Crippen LogP) is 0.194. The maximum Gasteiger partial charge on any atom is 0.147 e. The van der Waals surface area contributed by atoms with E-state index in [0.717, 1.165) is 0 Å². The minimum absolute atomic E-state index is 1.40. The van der Waals surface area contributed by atoms with Crippen molar-refractivity contribution in [2.24, 2.45) is 0 Å². The maximum atomic E-state index is 5.02. The summed E-state index contributed by atoms with van der Waals surface area (Å²) < 4.78 is 4.42. The molecule has 0 aromatic carbocycles. The van der Waals surface area contributed by atoms with E-state index in [1.54, 1.807) is 0 Å². The summed E-state index contributed by atoms with van der Waals surface area (Å²) in [5.74, 6) is 0. The average Bonchev–Trinajstić information content (AvgIpc) is 1.35. The number of hydrogen-bond donors (Lipinski definition) is 0. The highest BCUT2D eigenvalue weighted by atomic mass is 32.4. The van der Waals surface area contributed by atoms with Crippen molar-refractivity contribution < 1.29 is 4.52 Å². The first-order chi connectivity index (χ1) is 2.56. The van der Waals surface area contributed by atoms with Crippen LogP contribution in [0, 0.1) is 0 Å². The Labute approximate surface area is 45.3 Å². The molecule has 0 aliphatic heterocycles. The van der Waals surface area contributed by atoms with Crippen LogP contribution < -0.4 is 0 Å². The lowest BCUT2D eigenvalue weighted by Gasteiger charge is -2.04. The van der Waals surface area contributed by atoms with E-state index in [2.05, 4.69) is 16.3 Å². The van der Waals surface area contributed by atoms with Gasteiger partial charge in [-0.1, -0.05) is 11.8 Å². The summed E-state index contributed by atoms with van der Waals surface area (Å²) in [6.45, 7) is 0. The molecule has 0 aliphatic carbocycles. The summed E-state index contributed by atoms with van der Waals surface area (Å²) in [7, 11) is 11.4. The zero-order valence-electron chi connectivity index (χ0n) is 3.42. The highest BCUT2D eigenvalue weighted by molar-refractivity contribution is 8.35. The van der Waals surface area contributed by atoms with Crippen molar-refractivity contribution in [2.75, 3.05) is 7.11 Å². The lowest BCUT2D eigenvalue weighted by molar-refractivity contribution is 0.479. The summed E-state index contributed by atoms with van der Waals surface area (Å²) >= 11 is 4.43. The van der Waals surface area contributed by atoms with Crippen LogP contribution >= 0.6 is 6.02 Å². The van der Waals surface area contributed by atoms with Crippen LogP contribution in [0.3, 0.4) is 0 Å². The van der Waals surface area contributed by atoms with E-state index in [-0.39, 0.29) is 0 Å². The summed E-state index contributed by atoms with van der Waals surface area (Å²) in [6, 6.07) is -2.31. The second-order valence-corrected chi connectivity index (χ2v) is 4.20. The predicted molar refractivity (Wildman–Crippen MR) is 32.8 cm³/mol. The van der Waals surface area contributed by atoms with Gasteiger partial charge in [0.05, 0.1) is 0 Å². The molecule has 0 rings (SSSR count). The Kier molecular flexibility index (Phi) is 2.42. The standard InChI is InChI=1S/CH3B2OPS/c1-4-5(2,3)6/h1H3. The molecule has 0 N–H and O–H groups in total. The van der Waals surface area contributed by atoms with Crippen molar-refractivity contribution >= 4 is 33.0 Å². The van der Waals surface area contributed by atoms with Gasteiger partial charge in [-0.15, -0.1) is 0 Å². The molecule has 0 aromatic rings. The van der Waals surface area contributed by atoms with E-state index < -0.39 is 6.02 Å². The Morgan fingerprint density at radius 2 is 1.83 bits per heavy atom. The van der Waals surface area contributed by atoms with Crippen LogP contribution in [-0.4, -0.2) is 22.2 Å². The zero-order chi connectivity index (χ0) is 5.21. The van der Waals surface area contributed by atoms with Crippen LogP contribution in [0.1, 0.15) is 0 Å². The Hall–Kier alpha value is 0.740. The molecule has 0 heterocycles. The van der Waals surface area contributed by atoms with Gasteiger partial charge in [0.2, 0.25) is 0 Å². The van der Waals surface area contributed by atoms with Crippen LogP contribution in [0.4, 0.5) is 0 Å². The van der Waals surface area contributed by atoms with Crippen molar-refractivity contribution in [1.82, 2.24) is 0 Å². The molecule has 0 aromatic heterocycles. The first kappa shape index (κ1) is 6.74. The molecule has 4 radical (unpaired) electrons. The molecule has 0 aliphatic rings. The summed E-state index contributed by atoms with van der Waals surface area (Å²) in [5.41, 5.74) is 0. The van der Waals surface area contributed by atoms with E-state index >= 15 is 0 Å². The van der Waals surface area contributed by atoms with Crippen molar-refractivity contribution in [3.63, 3.8) is 0 Å². The molecule has 0 amide bonds. The van der Waals surface area contributed by atoms with E-state index in [1.807, 2.05) is 0 Å². The highest BCUT2D eigenvalue weighted by Gasteiger charge is 1.92. The van der Waals surface area contributed by atoms with E-state index in [9.17, 15) is 0 Å². The van der Waals surface area contributed by atoms with Gasteiger partial charge < -0.3 is 4.52 Å². The number of hydrogen-bond acceptors (Lipinski definition) is 2. The average molecular weight is 116 g/mol. The van der Waals surface area contributed by atoms with Crippen molar-refractivity contribution in [3.8, 4) is 0 Å². The molecule has 0 saturated carbocycles. The lowest BCUT2D eigenvalue weighted by Crippen LogP contribution is -1.78. The normalized spacial score (nSPS) is 11.5. The molecular weight excluding hydrogens is 113 g/mol.